The summed E-state index contributed by atoms with van der Waals surface area (Å²) in [5, 5.41) is 0.391. The number of phosphoric acid groups is 1. The van der Waals surface area contributed by atoms with E-state index in [9.17, 15) is 14.0 Å². The van der Waals surface area contributed by atoms with E-state index >= 15 is 0 Å². The number of alkyl halides is 1. The molecule has 1 rings (SSSR count). The van der Waals surface area contributed by atoms with Gasteiger partial charge in [0, 0.05) is 5.33 Å². The van der Waals surface area contributed by atoms with Crippen molar-refractivity contribution in [3.05, 3.63) is 23.8 Å². The van der Waals surface area contributed by atoms with Crippen molar-refractivity contribution in [1.82, 2.24) is 0 Å². The Kier molecular flexibility index (Phi) is 9.33. The minimum atomic E-state index is -4.20. The number of halogens is 1. The molecular formula is C15H25BrO7P2. The molecule has 10 heteroatoms. The Labute approximate surface area is 157 Å². The summed E-state index contributed by atoms with van der Waals surface area (Å²) in [5.74, 6) is -0.0657. The monoisotopic (exact) mass is 458 g/mol. The van der Waals surface area contributed by atoms with Gasteiger partial charge in [-0.3, -0.25) is 13.6 Å². The highest BCUT2D eigenvalue weighted by atomic mass is 79.9. The summed E-state index contributed by atoms with van der Waals surface area (Å²) in [6, 6.07) is 4.62. The van der Waals surface area contributed by atoms with E-state index in [-0.39, 0.29) is 24.3 Å². The van der Waals surface area contributed by atoms with E-state index in [1.54, 1.807) is 26.8 Å². The van der Waals surface area contributed by atoms with Crippen LogP contribution in [0.5, 0.6) is 5.75 Å². The minimum absolute atomic E-state index is 0.0657. The average molecular weight is 459 g/mol. The van der Waals surface area contributed by atoms with Crippen molar-refractivity contribution in [3.8, 4) is 5.75 Å². The Morgan fingerprint density at radius 3 is 2.24 bits per heavy atom. The fraction of sp³-hybridized carbons (Fsp3) is 0.600. The van der Waals surface area contributed by atoms with Crippen LogP contribution in [-0.2, 0) is 28.0 Å². The maximum absolute atomic E-state index is 12.7. The van der Waals surface area contributed by atoms with Gasteiger partial charge in [-0.15, -0.1) is 0 Å². The lowest BCUT2D eigenvalue weighted by Gasteiger charge is -2.22. The van der Waals surface area contributed by atoms with Gasteiger partial charge in [0.05, 0.1) is 19.3 Å². The molecule has 0 fully saturated rings. The highest BCUT2D eigenvalue weighted by Gasteiger charge is 2.34. The summed E-state index contributed by atoms with van der Waals surface area (Å²) in [4.78, 5) is 10.4. The van der Waals surface area contributed by atoms with E-state index in [1.807, 2.05) is 6.92 Å². The zero-order chi connectivity index (χ0) is 19.1. The Balaban J connectivity index is 3.31. The van der Waals surface area contributed by atoms with Crippen LogP contribution in [0.2, 0.25) is 0 Å². The van der Waals surface area contributed by atoms with Gasteiger partial charge >= 0.3 is 15.4 Å². The third kappa shape index (κ3) is 6.79. The van der Waals surface area contributed by atoms with Crippen LogP contribution in [0.25, 0.3) is 0 Å². The summed E-state index contributed by atoms with van der Waals surface area (Å²) in [5.41, 5.74) is 0.743. The molecule has 1 N–H and O–H groups in total. The van der Waals surface area contributed by atoms with Crippen LogP contribution in [0.3, 0.4) is 0 Å². The quantitative estimate of drug-likeness (QED) is 0.377. The number of benzene rings is 1. The first kappa shape index (κ1) is 22.8. The third-order valence-electron chi connectivity index (χ3n) is 3.16. The van der Waals surface area contributed by atoms with Crippen LogP contribution in [-0.4, -0.2) is 24.2 Å². The lowest BCUT2D eigenvalue weighted by molar-refractivity contribution is 0.167. The summed E-state index contributed by atoms with van der Waals surface area (Å²) in [6.45, 7) is 7.04. The fourth-order valence-corrected chi connectivity index (χ4v) is 4.96. The second kappa shape index (κ2) is 10.2. The molecule has 0 saturated carbocycles. The van der Waals surface area contributed by atoms with Gasteiger partial charge in [-0.1, -0.05) is 28.9 Å². The smallest absolute Gasteiger partial charge is 0.403 e. The average Bonchev–Trinajstić information content (AvgIpc) is 2.54. The molecular weight excluding hydrogens is 434 g/mol. The lowest BCUT2D eigenvalue weighted by Crippen LogP contribution is -2.16. The Morgan fingerprint density at radius 2 is 1.76 bits per heavy atom. The SMILES string of the molecule is CCOP(=O)(OCC)Oc1ccc(CBr)cc1P(=O)(O)OC(C)CC. The molecule has 0 aliphatic carbocycles. The van der Waals surface area contributed by atoms with Crippen LogP contribution in [0.4, 0.5) is 0 Å². The van der Waals surface area contributed by atoms with E-state index in [1.165, 1.54) is 12.1 Å². The van der Waals surface area contributed by atoms with Crippen molar-refractivity contribution in [3.63, 3.8) is 0 Å². The lowest BCUT2D eigenvalue weighted by atomic mass is 10.2. The van der Waals surface area contributed by atoms with Gasteiger partial charge in [0.25, 0.3) is 0 Å². The van der Waals surface area contributed by atoms with Gasteiger partial charge in [-0.05, 0) is 44.9 Å². The zero-order valence-electron chi connectivity index (χ0n) is 14.8. The first-order valence-electron chi connectivity index (χ1n) is 8.00. The molecule has 0 amide bonds. The molecule has 0 saturated heterocycles. The molecule has 0 heterocycles. The van der Waals surface area contributed by atoms with Gasteiger partial charge < -0.3 is 13.9 Å². The number of hydrogen-bond donors (Lipinski definition) is 1. The Hall–Kier alpha value is -0.200. The van der Waals surface area contributed by atoms with Gasteiger partial charge in [0.15, 0.2) is 0 Å². The minimum Gasteiger partial charge on any atom is -0.403 e. The number of hydrogen-bond acceptors (Lipinski definition) is 6. The predicted molar refractivity (Wildman–Crippen MR) is 101 cm³/mol. The molecule has 25 heavy (non-hydrogen) atoms. The molecule has 0 aliphatic rings. The van der Waals surface area contributed by atoms with E-state index in [2.05, 4.69) is 15.9 Å². The summed E-state index contributed by atoms with van der Waals surface area (Å²) in [6.07, 6.45) is 0.136. The standard InChI is InChI=1S/C15H25BrO7P2/c1-5-12(4)22-24(17,18)15-10-13(11-16)8-9-14(15)23-25(19,20-6-2)21-7-3/h8-10,12H,5-7,11H2,1-4H3,(H,17,18). The van der Waals surface area contributed by atoms with E-state index in [0.29, 0.717) is 11.8 Å². The van der Waals surface area contributed by atoms with Crippen LogP contribution >= 0.6 is 31.3 Å². The molecule has 0 spiro atoms. The Morgan fingerprint density at radius 1 is 1.16 bits per heavy atom. The molecule has 1 aromatic rings. The molecule has 2 atom stereocenters. The maximum Gasteiger partial charge on any atom is 0.530 e. The van der Waals surface area contributed by atoms with Crippen molar-refractivity contribution in [2.24, 2.45) is 0 Å². The van der Waals surface area contributed by atoms with Crippen LogP contribution in [0.1, 0.15) is 39.7 Å². The zero-order valence-corrected chi connectivity index (χ0v) is 18.2. The first-order valence-corrected chi connectivity index (χ1v) is 12.2. The topological polar surface area (TPSA) is 91.3 Å². The number of rotatable bonds is 11. The molecule has 0 bridgehead atoms. The van der Waals surface area contributed by atoms with E-state index < -0.39 is 21.5 Å². The van der Waals surface area contributed by atoms with Gasteiger partial charge in [0.2, 0.25) is 0 Å². The second-order valence-corrected chi connectivity index (χ2v) is 9.04. The van der Waals surface area contributed by atoms with Crippen LogP contribution in [0.15, 0.2) is 18.2 Å². The molecule has 0 aliphatic heterocycles. The predicted octanol–water partition coefficient (Wildman–Crippen LogP) is 4.77. The van der Waals surface area contributed by atoms with Gasteiger partial charge in [0.1, 0.15) is 11.1 Å². The van der Waals surface area contributed by atoms with Crippen molar-refractivity contribution >= 4 is 36.7 Å². The fourth-order valence-electron chi connectivity index (χ4n) is 1.85. The molecule has 7 nitrogen and oxygen atoms in total. The largest absolute Gasteiger partial charge is 0.530 e. The molecule has 0 aromatic heterocycles. The number of phosphoric ester groups is 1. The van der Waals surface area contributed by atoms with Crippen molar-refractivity contribution in [2.75, 3.05) is 13.2 Å². The first-order chi connectivity index (χ1) is 11.7. The van der Waals surface area contributed by atoms with Crippen molar-refractivity contribution in [1.29, 1.82) is 0 Å². The summed E-state index contributed by atoms with van der Waals surface area (Å²) in [7, 11) is -8.10. The summed E-state index contributed by atoms with van der Waals surface area (Å²) >= 11 is 3.30. The Bertz CT molecular complexity index is 643. The highest BCUT2D eigenvalue weighted by Crippen LogP contribution is 2.52. The van der Waals surface area contributed by atoms with Crippen LogP contribution < -0.4 is 9.83 Å². The summed E-state index contributed by atoms with van der Waals surface area (Å²) < 4.78 is 46.2. The molecule has 2 unspecified atom stereocenters. The third-order valence-corrected chi connectivity index (χ3v) is 6.99. The molecule has 144 valence electrons. The van der Waals surface area contributed by atoms with Gasteiger partial charge in [-0.25, -0.2) is 4.57 Å². The molecule has 0 radical (unpaired) electrons. The second-order valence-electron chi connectivity index (χ2n) is 5.15. The molecule has 1 aromatic carbocycles. The van der Waals surface area contributed by atoms with Crippen LogP contribution in [0, 0.1) is 0 Å². The van der Waals surface area contributed by atoms with Gasteiger partial charge in [-0.2, -0.15) is 0 Å². The highest BCUT2D eigenvalue weighted by molar-refractivity contribution is 9.08. The maximum atomic E-state index is 12.7. The van der Waals surface area contributed by atoms with Crippen molar-refractivity contribution in [2.45, 2.75) is 45.5 Å². The van der Waals surface area contributed by atoms with E-state index in [4.69, 9.17) is 18.1 Å². The van der Waals surface area contributed by atoms with E-state index in [0.717, 1.165) is 5.56 Å². The van der Waals surface area contributed by atoms with Crippen molar-refractivity contribution < 1.29 is 32.1 Å². The normalized spacial score (nSPS) is 15.6.